The molecule has 78 valence electrons. The molecule has 0 spiro atoms. The van der Waals surface area contributed by atoms with Crippen LogP contribution in [0.25, 0.3) is 0 Å². The number of hydrazine groups is 5. The fourth-order valence-corrected chi connectivity index (χ4v) is 1.61. The number of nitrogens with one attached hydrogen (secondary N) is 5. The van der Waals surface area contributed by atoms with Crippen LogP contribution in [0.5, 0.6) is 0 Å². The Kier molecular flexibility index (Phi) is 5.21. The first-order valence-corrected chi connectivity index (χ1v) is 4.77. The van der Waals surface area contributed by atoms with E-state index in [2.05, 4.69) is 27.5 Å². The summed E-state index contributed by atoms with van der Waals surface area (Å²) in [6.45, 7) is 0. The Labute approximate surface area is 79.3 Å². The first-order valence-electron chi connectivity index (χ1n) is 4.77. The van der Waals surface area contributed by atoms with E-state index >= 15 is 0 Å². The highest BCUT2D eigenvalue weighted by Gasteiger charge is 2.21. The molecule has 0 unspecified atom stereocenters. The Morgan fingerprint density at radius 2 is 1.69 bits per heavy atom. The molecular formula is C7H20N6. The van der Waals surface area contributed by atoms with Crippen molar-refractivity contribution in [2.75, 3.05) is 14.1 Å². The minimum Gasteiger partial charge on any atom is -0.246 e. The van der Waals surface area contributed by atoms with Gasteiger partial charge in [0.1, 0.15) is 0 Å². The molecule has 1 rings (SSSR count). The van der Waals surface area contributed by atoms with Crippen LogP contribution in [0.15, 0.2) is 0 Å². The van der Waals surface area contributed by atoms with Gasteiger partial charge >= 0.3 is 0 Å². The Morgan fingerprint density at radius 1 is 1.00 bits per heavy atom. The fourth-order valence-electron chi connectivity index (χ4n) is 1.61. The van der Waals surface area contributed by atoms with Crippen LogP contribution in [-0.2, 0) is 0 Å². The molecule has 0 amide bonds. The standard InChI is InChI=1S/C7H20N6/c1-8-10-12-13(11-9-2)7-5-3-4-6-7/h7-12H,3-6H2,1-2H3. The summed E-state index contributed by atoms with van der Waals surface area (Å²) in [5, 5.41) is 1.95. The van der Waals surface area contributed by atoms with Crippen molar-refractivity contribution < 1.29 is 0 Å². The molecule has 6 nitrogen and oxygen atoms in total. The minimum atomic E-state index is 0.549. The van der Waals surface area contributed by atoms with Crippen LogP contribution in [0, 0.1) is 0 Å². The Morgan fingerprint density at radius 3 is 2.23 bits per heavy atom. The second kappa shape index (κ2) is 6.25. The normalized spacial score (nSPS) is 18.7. The zero-order valence-electron chi connectivity index (χ0n) is 8.35. The second-order valence-corrected chi connectivity index (χ2v) is 3.16. The van der Waals surface area contributed by atoms with Gasteiger partial charge in [-0.05, 0) is 26.9 Å². The predicted molar refractivity (Wildman–Crippen MR) is 51.6 cm³/mol. The summed E-state index contributed by atoms with van der Waals surface area (Å²) in [4.78, 5) is 0. The van der Waals surface area contributed by atoms with Crippen molar-refractivity contribution in [1.82, 2.24) is 32.6 Å². The van der Waals surface area contributed by atoms with Crippen molar-refractivity contribution in [1.29, 1.82) is 0 Å². The topological polar surface area (TPSA) is 63.4 Å². The van der Waals surface area contributed by atoms with Crippen molar-refractivity contribution in [3.05, 3.63) is 0 Å². The lowest BCUT2D eigenvalue weighted by Crippen LogP contribution is -2.63. The number of hydrogen-bond acceptors (Lipinski definition) is 6. The lowest BCUT2D eigenvalue weighted by molar-refractivity contribution is 0.0136. The van der Waals surface area contributed by atoms with Crippen LogP contribution in [0.3, 0.4) is 0 Å². The molecular weight excluding hydrogens is 168 g/mol. The molecule has 0 bridgehead atoms. The van der Waals surface area contributed by atoms with E-state index in [1.54, 1.807) is 0 Å². The maximum absolute atomic E-state index is 3.03. The summed E-state index contributed by atoms with van der Waals surface area (Å²) >= 11 is 0. The van der Waals surface area contributed by atoms with Crippen molar-refractivity contribution in [2.45, 2.75) is 31.7 Å². The number of hydrogen-bond donors (Lipinski definition) is 5. The lowest BCUT2D eigenvalue weighted by Gasteiger charge is -2.28. The predicted octanol–water partition coefficient (Wildman–Crippen LogP) is -0.986. The van der Waals surface area contributed by atoms with Crippen LogP contribution in [0.4, 0.5) is 0 Å². The maximum Gasteiger partial charge on any atom is 0.0427 e. The van der Waals surface area contributed by atoms with E-state index in [0.717, 1.165) is 0 Å². The highest BCUT2D eigenvalue weighted by atomic mass is 15.9. The summed E-state index contributed by atoms with van der Waals surface area (Å²) in [6.07, 6.45) is 5.09. The average Bonchev–Trinajstić information content (AvgIpc) is 2.65. The van der Waals surface area contributed by atoms with Crippen LogP contribution in [-0.4, -0.2) is 25.3 Å². The molecule has 1 fully saturated rings. The SMILES string of the molecule is CNNNN(NNC)C1CCCC1. The van der Waals surface area contributed by atoms with Crippen molar-refractivity contribution in [2.24, 2.45) is 0 Å². The molecule has 0 aromatic rings. The summed E-state index contributed by atoms with van der Waals surface area (Å²) < 4.78 is 0. The Balaban J connectivity index is 2.26. The Bertz CT molecular complexity index is 124. The van der Waals surface area contributed by atoms with E-state index < -0.39 is 0 Å². The molecule has 1 aliphatic carbocycles. The van der Waals surface area contributed by atoms with E-state index in [1.807, 2.05) is 19.2 Å². The quantitative estimate of drug-likeness (QED) is 0.345. The minimum absolute atomic E-state index is 0.549. The summed E-state index contributed by atoms with van der Waals surface area (Å²) in [5.74, 6) is 0. The van der Waals surface area contributed by atoms with E-state index in [9.17, 15) is 0 Å². The van der Waals surface area contributed by atoms with Gasteiger partial charge in [0.2, 0.25) is 0 Å². The third-order valence-electron chi connectivity index (χ3n) is 2.22. The fraction of sp³-hybridized carbons (Fsp3) is 1.00. The molecule has 5 N–H and O–H groups in total. The van der Waals surface area contributed by atoms with Gasteiger partial charge in [0.15, 0.2) is 0 Å². The molecule has 0 radical (unpaired) electrons. The number of rotatable bonds is 6. The highest BCUT2D eigenvalue weighted by Crippen LogP contribution is 2.20. The van der Waals surface area contributed by atoms with Gasteiger partial charge in [-0.15, -0.1) is 5.12 Å². The van der Waals surface area contributed by atoms with Gasteiger partial charge in [-0.25, -0.2) is 10.9 Å². The smallest absolute Gasteiger partial charge is 0.0427 e. The van der Waals surface area contributed by atoms with Gasteiger partial charge < -0.3 is 0 Å². The highest BCUT2D eigenvalue weighted by molar-refractivity contribution is 4.71. The van der Waals surface area contributed by atoms with Crippen molar-refractivity contribution >= 4 is 0 Å². The molecule has 13 heavy (non-hydrogen) atoms. The third kappa shape index (κ3) is 3.55. The summed E-state index contributed by atoms with van der Waals surface area (Å²) in [5.41, 5.74) is 14.6. The molecule has 0 saturated heterocycles. The monoisotopic (exact) mass is 188 g/mol. The van der Waals surface area contributed by atoms with E-state index in [4.69, 9.17) is 0 Å². The van der Waals surface area contributed by atoms with Gasteiger partial charge in [0, 0.05) is 6.04 Å². The molecule has 0 atom stereocenters. The zero-order valence-corrected chi connectivity index (χ0v) is 8.35. The third-order valence-corrected chi connectivity index (χ3v) is 2.22. The molecule has 0 heterocycles. The molecule has 1 aliphatic rings. The zero-order chi connectivity index (χ0) is 9.52. The van der Waals surface area contributed by atoms with Crippen molar-refractivity contribution in [3.8, 4) is 0 Å². The van der Waals surface area contributed by atoms with Crippen LogP contribution in [0.2, 0.25) is 0 Å². The van der Waals surface area contributed by atoms with Gasteiger partial charge in [0.05, 0.1) is 0 Å². The Hall–Kier alpha value is -0.240. The molecule has 6 heteroatoms. The van der Waals surface area contributed by atoms with Gasteiger partial charge in [-0.3, -0.25) is 0 Å². The number of nitrogens with zero attached hydrogens (tertiary/aromatic N) is 1. The summed E-state index contributed by atoms with van der Waals surface area (Å²) in [6, 6.07) is 0.549. The maximum atomic E-state index is 3.03. The summed E-state index contributed by atoms with van der Waals surface area (Å²) in [7, 11) is 3.67. The molecule has 0 aromatic heterocycles. The largest absolute Gasteiger partial charge is 0.246 e. The van der Waals surface area contributed by atoms with Gasteiger partial charge in [-0.2, -0.15) is 16.6 Å². The average molecular weight is 188 g/mol. The van der Waals surface area contributed by atoms with Crippen LogP contribution >= 0.6 is 0 Å². The molecule has 0 aliphatic heterocycles. The first-order chi connectivity index (χ1) is 6.38. The van der Waals surface area contributed by atoms with Crippen molar-refractivity contribution in [3.63, 3.8) is 0 Å². The van der Waals surface area contributed by atoms with Crippen LogP contribution in [0.1, 0.15) is 25.7 Å². The lowest BCUT2D eigenvalue weighted by atomic mass is 10.3. The van der Waals surface area contributed by atoms with E-state index in [-0.39, 0.29) is 0 Å². The first kappa shape index (κ1) is 10.8. The molecule has 1 saturated carbocycles. The van der Waals surface area contributed by atoms with Crippen LogP contribution < -0.4 is 27.5 Å². The molecule has 0 aromatic carbocycles. The second-order valence-electron chi connectivity index (χ2n) is 3.16. The van der Waals surface area contributed by atoms with E-state index in [0.29, 0.717) is 6.04 Å². The van der Waals surface area contributed by atoms with Gasteiger partial charge in [0.25, 0.3) is 0 Å². The van der Waals surface area contributed by atoms with Gasteiger partial charge in [-0.1, -0.05) is 12.8 Å². The van der Waals surface area contributed by atoms with E-state index in [1.165, 1.54) is 25.7 Å².